The SMILES string of the molecule is CC(=O)CCC(=O)NCc1cc(C)c(C)cc1C. The first kappa shape index (κ1) is 14.4. The Morgan fingerprint density at radius 2 is 1.61 bits per heavy atom. The highest BCUT2D eigenvalue weighted by molar-refractivity contribution is 5.83. The molecular weight excluding hydrogens is 226 g/mol. The molecule has 0 aliphatic heterocycles. The minimum atomic E-state index is -0.0668. The van der Waals surface area contributed by atoms with E-state index in [1.54, 1.807) is 0 Å². The van der Waals surface area contributed by atoms with Crippen LogP contribution in [0.25, 0.3) is 0 Å². The van der Waals surface area contributed by atoms with Crippen LogP contribution >= 0.6 is 0 Å². The van der Waals surface area contributed by atoms with Crippen LogP contribution in [-0.2, 0) is 16.1 Å². The maximum atomic E-state index is 11.5. The molecule has 0 saturated heterocycles. The Morgan fingerprint density at radius 1 is 1.00 bits per heavy atom. The molecule has 1 rings (SSSR count). The molecule has 1 aromatic rings. The van der Waals surface area contributed by atoms with E-state index < -0.39 is 0 Å². The Hall–Kier alpha value is -1.64. The molecule has 3 heteroatoms. The van der Waals surface area contributed by atoms with Crippen molar-refractivity contribution in [1.29, 1.82) is 0 Å². The number of Topliss-reactive ketones (excluding diaryl/α,β-unsaturated/α-hetero) is 1. The van der Waals surface area contributed by atoms with E-state index in [1.807, 2.05) is 6.92 Å². The third-order valence-electron chi connectivity index (χ3n) is 3.13. The zero-order valence-corrected chi connectivity index (χ0v) is 11.6. The van der Waals surface area contributed by atoms with E-state index in [1.165, 1.54) is 23.6 Å². The van der Waals surface area contributed by atoms with Gasteiger partial charge < -0.3 is 10.1 Å². The van der Waals surface area contributed by atoms with Crippen LogP contribution in [-0.4, -0.2) is 11.7 Å². The smallest absolute Gasteiger partial charge is 0.220 e. The molecule has 0 aromatic heterocycles. The zero-order valence-electron chi connectivity index (χ0n) is 11.6. The predicted octanol–water partition coefficient (Wildman–Crippen LogP) is 2.60. The fourth-order valence-corrected chi connectivity index (χ4v) is 1.78. The Balaban J connectivity index is 2.56. The van der Waals surface area contributed by atoms with Crippen LogP contribution < -0.4 is 5.32 Å². The van der Waals surface area contributed by atoms with Gasteiger partial charge >= 0.3 is 0 Å². The highest BCUT2D eigenvalue weighted by Crippen LogP contribution is 2.15. The molecule has 3 nitrogen and oxygen atoms in total. The Kier molecular flexibility index (Phi) is 5.08. The maximum absolute atomic E-state index is 11.5. The number of benzene rings is 1. The van der Waals surface area contributed by atoms with Crippen LogP contribution in [0.15, 0.2) is 12.1 Å². The second-order valence-electron chi connectivity index (χ2n) is 4.84. The van der Waals surface area contributed by atoms with Crippen molar-refractivity contribution in [3.8, 4) is 0 Å². The molecule has 0 radical (unpaired) electrons. The van der Waals surface area contributed by atoms with Crippen molar-refractivity contribution in [2.45, 2.75) is 47.1 Å². The lowest BCUT2D eigenvalue weighted by Gasteiger charge is -2.11. The number of hydrogen-bond acceptors (Lipinski definition) is 2. The van der Waals surface area contributed by atoms with Gasteiger partial charge in [0.1, 0.15) is 5.78 Å². The summed E-state index contributed by atoms with van der Waals surface area (Å²) in [5.41, 5.74) is 4.81. The molecule has 98 valence electrons. The molecule has 0 heterocycles. The molecule has 18 heavy (non-hydrogen) atoms. The molecular formula is C15H21NO2. The molecule has 0 aliphatic carbocycles. The quantitative estimate of drug-likeness (QED) is 0.869. The van der Waals surface area contributed by atoms with Gasteiger partial charge in [-0.1, -0.05) is 12.1 Å². The number of hydrogen-bond donors (Lipinski definition) is 1. The van der Waals surface area contributed by atoms with Gasteiger partial charge in [-0.3, -0.25) is 4.79 Å². The number of aryl methyl sites for hydroxylation is 3. The number of carbonyl (C=O) groups is 2. The minimum absolute atomic E-state index is 0.0486. The van der Waals surface area contributed by atoms with Crippen molar-refractivity contribution < 1.29 is 9.59 Å². The fraction of sp³-hybridized carbons (Fsp3) is 0.467. The number of nitrogens with one attached hydrogen (secondary N) is 1. The first-order chi connectivity index (χ1) is 8.40. The lowest BCUT2D eigenvalue weighted by Crippen LogP contribution is -2.23. The summed E-state index contributed by atoms with van der Waals surface area (Å²) >= 11 is 0. The van der Waals surface area contributed by atoms with E-state index >= 15 is 0 Å². The molecule has 0 aliphatic rings. The van der Waals surface area contributed by atoms with Crippen LogP contribution in [0.5, 0.6) is 0 Å². The van der Waals surface area contributed by atoms with Gasteiger partial charge in [0.15, 0.2) is 0 Å². The van der Waals surface area contributed by atoms with Crippen LogP contribution in [0.2, 0.25) is 0 Å². The van der Waals surface area contributed by atoms with Crippen molar-refractivity contribution in [3.63, 3.8) is 0 Å². The molecule has 1 aromatic carbocycles. The van der Waals surface area contributed by atoms with Crippen molar-refractivity contribution in [2.24, 2.45) is 0 Å². The standard InChI is InChI=1S/C15H21NO2/c1-10-7-12(3)14(8-11(10)2)9-16-15(18)6-5-13(4)17/h7-8H,5-6,9H2,1-4H3,(H,16,18). The largest absolute Gasteiger partial charge is 0.352 e. The van der Waals surface area contributed by atoms with Gasteiger partial charge in [0.05, 0.1) is 0 Å². The minimum Gasteiger partial charge on any atom is -0.352 e. The Morgan fingerprint density at radius 3 is 2.22 bits per heavy atom. The van der Waals surface area contributed by atoms with E-state index in [9.17, 15) is 9.59 Å². The zero-order chi connectivity index (χ0) is 13.7. The third kappa shape index (κ3) is 4.32. The predicted molar refractivity (Wildman–Crippen MR) is 72.4 cm³/mol. The molecule has 0 bridgehead atoms. The van der Waals surface area contributed by atoms with Crippen molar-refractivity contribution in [3.05, 3.63) is 34.4 Å². The van der Waals surface area contributed by atoms with Gasteiger partial charge in [-0.2, -0.15) is 0 Å². The number of rotatable bonds is 5. The summed E-state index contributed by atoms with van der Waals surface area (Å²) < 4.78 is 0. The summed E-state index contributed by atoms with van der Waals surface area (Å²) in [7, 11) is 0. The van der Waals surface area contributed by atoms with Crippen molar-refractivity contribution >= 4 is 11.7 Å². The first-order valence-corrected chi connectivity index (χ1v) is 6.23. The van der Waals surface area contributed by atoms with Crippen molar-refractivity contribution in [2.75, 3.05) is 0 Å². The lowest BCUT2D eigenvalue weighted by atomic mass is 10.0. The van der Waals surface area contributed by atoms with Crippen LogP contribution in [0.4, 0.5) is 0 Å². The van der Waals surface area contributed by atoms with E-state index in [0.717, 1.165) is 5.56 Å². The highest BCUT2D eigenvalue weighted by atomic mass is 16.2. The van der Waals surface area contributed by atoms with Gasteiger partial charge in [-0.25, -0.2) is 0 Å². The number of ketones is 1. The van der Waals surface area contributed by atoms with E-state index in [4.69, 9.17) is 0 Å². The lowest BCUT2D eigenvalue weighted by molar-refractivity contribution is -0.124. The third-order valence-corrected chi connectivity index (χ3v) is 3.13. The fourth-order valence-electron chi connectivity index (χ4n) is 1.78. The average Bonchev–Trinajstić information content (AvgIpc) is 2.29. The topological polar surface area (TPSA) is 46.2 Å². The Bertz CT molecular complexity index is 464. The highest BCUT2D eigenvalue weighted by Gasteiger charge is 2.06. The summed E-state index contributed by atoms with van der Waals surface area (Å²) in [5.74, 6) is -0.0182. The summed E-state index contributed by atoms with van der Waals surface area (Å²) in [6.07, 6.45) is 0.594. The molecule has 0 fully saturated rings. The van der Waals surface area contributed by atoms with Gasteiger partial charge in [0, 0.05) is 19.4 Å². The van der Waals surface area contributed by atoms with Gasteiger partial charge in [-0.05, 0) is 49.9 Å². The molecule has 0 spiro atoms. The molecule has 1 amide bonds. The number of carbonyl (C=O) groups excluding carboxylic acids is 2. The summed E-state index contributed by atoms with van der Waals surface area (Å²) in [5, 5.41) is 2.85. The van der Waals surface area contributed by atoms with Gasteiger partial charge in [-0.15, -0.1) is 0 Å². The van der Waals surface area contributed by atoms with E-state index in [0.29, 0.717) is 13.0 Å². The van der Waals surface area contributed by atoms with E-state index in [2.05, 4.69) is 31.3 Å². The molecule has 0 saturated carbocycles. The second kappa shape index (κ2) is 6.34. The number of amides is 1. The van der Waals surface area contributed by atoms with Crippen molar-refractivity contribution in [1.82, 2.24) is 5.32 Å². The van der Waals surface area contributed by atoms with Crippen LogP contribution in [0.1, 0.15) is 42.0 Å². The van der Waals surface area contributed by atoms with Gasteiger partial charge in [0.2, 0.25) is 5.91 Å². The molecule has 0 unspecified atom stereocenters. The average molecular weight is 247 g/mol. The first-order valence-electron chi connectivity index (χ1n) is 6.23. The Labute approximate surface area is 109 Å². The maximum Gasteiger partial charge on any atom is 0.220 e. The van der Waals surface area contributed by atoms with Crippen LogP contribution in [0, 0.1) is 20.8 Å². The molecule has 1 N–H and O–H groups in total. The second-order valence-corrected chi connectivity index (χ2v) is 4.84. The summed E-state index contributed by atoms with van der Waals surface area (Å²) in [4.78, 5) is 22.3. The van der Waals surface area contributed by atoms with Crippen LogP contribution in [0.3, 0.4) is 0 Å². The normalized spacial score (nSPS) is 10.2. The monoisotopic (exact) mass is 247 g/mol. The van der Waals surface area contributed by atoms with Gasteiger partial charge in [0.25, 0.3) is 0 Å². The summed E-state index contributed by atoms with van der Waals surface area (Å²) in [6.45, 7) is 8.22. The van der Waals surface area contributed by atoms with E-state index in [-0.39, 0.29) is 18.1 Å². The summed E-state index contributed by atoms with van der Waals surface area (Å²) in [6, 6.07) is 4.24. The molecule has 0 atom stereocenters.